The van der Waals surface area contributed by atoms with Crippen molar-refractivity contribution in [3.8, 4) is 5.75 Å². The Labute approximate surface area is 184 Å². The third-order valence-corrected chi connectivity index (χ3v) is 6.44. The van der Waals surface area contributed by atoms with Crippen LogP contribution < -0.4 is 14.4 Å². The molecular formula is C22H27N3O5S. The van der Waals surface area contributed by atoms with Crippen LogP contribution in [0.5, 0.6) is 5.75 Å². The second-order valence-electron chi connectivity index (χ2n) is 8.22. The number of rotatable bonds is 9. The van der Waals surface area contributed by atoms with E-state index in [1.54, 1.807) is 18.2 Å². The highest BCUT2D eigenvalue weighted by Gasteiger charge is 2.45. The average molecular weight is 446 g/mol. The third-order valence-electron chi connectivity index (χ3n) is 5.74. The van der Waals surface area contributed by atoms with Crippen LogP contribution in [-0.4, -0.2) is 58.5 Å². The molecule has 8 nitrogen and oxygen atoms in total. The SMILES string of the molecule is CN(C)CCCNc1ccccc1N(c1ccc2c(c1C(=O)O)OC[C@H]1C[C@@H]21)S(=O)O. The number of anilines is 3. The number of carboxylic acid groups (broad SMARTS) is 1. The molecule has 166 valence electrons. The van der Waals surface area contributed by atoms with Gasteiger partial charge in [0.05, 0.1) is 23.7 Å². The van der Waals surface area contributed by atoms with Crippen LogP contribution >= 0.6 is 0 Å². The first kappa shape index (κ1) is 21.6. The number of ether oxygens (including phenoxy) is 1. The van der Waals surface area contributed by atoms with E-state index in [0.717, 1.165) is 29.3 Å². The van der Waals surface area contributed by atoms with Gasteiger partial charge in [-0.3, -0.25) is 4.55 Å². The van der Waals surface area contributed by atoms with E-state index in [-0.39, 0.29) is 11.3 Å². The molecule has 9 heteroatoms. The Morgan fingerprint density at radius 3 is 2.71 bits per heavy atom. The normalized spacial score (nSPS) is 19.7. The minimum Gasteiger partial charge on any atom is -0.492 e. The van der Waals surface area contributed by atoms with E-state index in [2.05, 4.69) is 10.2 Å². The summed E-state index contributed by atoms with van der Waals surface area (Å²) >= 11 is -2.49. The molecule has 3 N–H and O–H groups in total. The monoisotopic (exact) mass is 445 g/mol. The van der Waals surface area contributed by atoms with Gasteiger partial charge in [0.2, 0.25) is 0 Å². The third kappa shape index (κ3) is 4.39. The summed E-state index contributed by atoms with van der Waals surface area (Å²) in [7, 11) is 4.00. The number of fused-ring (bicyclic) bond motifs is 3. The molecule has 1 aliphatic carbocycles. The van der Waals surface area contributed by atoms with Gasteiger partial charge < -0.3 is 20.1 Å². The number of hydrogen-bond donors (Lipinski definition) is 3. The van der Waals surface area contributed by atoms with Crippen molar-refractivity contribution in [2.24, 2.45) is 5.92 Å². The van der Waals surface area contributed by atoms with Crippen molar-refractivity contribution in [3.05, 3.63) is 47.5 Å². The minimum absolute atomic E-state index is 0.0762. The smallest absolute Gasteiger partial charge is 0.341 e. The maximum atomic E-state index is 12.5. The summed E-state index contributed by atoms with van der Waals surface area (Å²) in [5, 5.41) is 13.3. The first-order valence-corrected chi connectivity index (χ1v) is 11.4. The molecule has 0 radical (unpaired) electrons. The predicted molar refractivity (Wildman–Crippen MR) is 121 cm³/mol. The Kier molecular flexibility index (Phi) is 6.17. The van der Waals surface area contributed by atoms with Gasteiger partial charge in [0, 0.05) is 12.5 Å². The largest absolute Gasteiger partial charge is 0.492 e. The quantitative estimate of drug-likeness (QED) is 0.401. The molecule has 3 atom stereocenters. The molecule has 1 aliphatic heterocycles. The van der Waals surface area contributed by atoms with E-state index in [4.69, 9.17) is 4.74 Å². The number of para-hydroxylation sites is 2. The Morgan fingerprint density at radius 2 is 2.00 bits per heavy atom. The predicted octanol–water partition coefficient (Wildman–Crippen LogP) is 3.52. The second kappa shape index (κ2) is 8.86. The molecule has 2 aromatic carbocycles. The molecule has 31 heavy (non-hydrogen) atoms. The zero-order chi connectivity index (χ0) is 22.1. The molecule has 0 aromatic heterocycles. The summed E-state index contributed by atoms with van der Waals surface area (Å²) in [5.74, 6) is -0.113. The van der Waals surface area contributed by atoms with Gasteiger partial charge in [-0.05, 0) is 63.2 Å². The van der Waals surface area contributed by atoms with Crippen LogP contribution in [0.2, 0.25) is 0 Å². The minimum atomic E-state index is -2.49. The van der Waals surface area contributed by atoms with E-state index < -0.39 is 17.2 Å². The molecule has 1 fully saturated rings. The molecule has 2 aromatic rings. The van der Waals surface area contributed by atoms with Crippen molar-refractivity contribution in [3.63, 3.8) is 0 Å². The van der Waals surface area contributed by atoms with Gasteiger partial charge in [-0.15, -0.1) is 0 Å². The molecule has 0 bridgehead atoms. The number of hydrogen-bond acceptors (Lipinski definition) is 5. The molecule has 0 amide bonds. The summed E-state index contributed by atoms with van der Waals surface area (Å²) in [6.07, 6.45) is 1.87. The van der Waals surface area contributed by atoms with Crippen LogP contribution in [0.25, 0.3) is 0 Å². The van der Waals surface area contributed by atoms with E-state index in [1.165, 1.54) is 0 Å². The summed E-state index contributed by atoms with van der Waals surface area (Å²) < 4.78 is 29.6. The number of nitrogens with one attached hydrogen (secondary N) is 1. The zero-order valence-electron chi connectivity index (χ0n) is 17.6. The van der Waals surface area contributed by atoms with Crippen molar-refractivity contribution in [1.29, 1.82) is 0 Å². The lowest BCUT2D eigenvalue weighted by Crippen LogP contribution is -2.25. The van der Waals surface area contributed by atoms with Crippen molar-refractivity contribution < 1.29 is 23.4 Å². The van der Waals surface area contributed by atoms with Gasteiger partial charge >= 0.3 is 5.97 Å². The molecule has 1 unspecified atom stereocenters. The fraction of sp³-hybridized carbons (Fsp3) is 0.409. The summed E-state index contributed by atoms with van der Waals surface area (Å²) in [6, 6.07) is 10.5. The van der Waals surface area contributed by atoms with Crippen molar-refractivity contribution >= 4 is 34.3 Å². The topological polar surface area (TPSA) is 102 Å². The van der Waals surface area contributed by atoms with E-state index in [0.29, 0.717) is 42.1 Å². The van der Waals surface area contributed by atoms with Gasteiger partial charge in [-0.25, -0.2) is 13.3 Å². The lowest BCUT2D eigenvalue weighted by Gasteiger charge is -2.27. The number of carboxylic acids is 1. The van der Waals surface area contributed by atoms with Crippen molar-refractivity contribution in [2.45, 2.75) is 18.8 Å². The van der Waals surface area contributed by atoms with E-state index >= 15 is 0 Å². The number of carbonyl (C=O) groups is 1. The summed E-state index contributed by atoms with van der Waals surface area (Å²) in [5.41, 5.74) is 2.01. The van der Waals surface area contributed by atoms with Crippen molar-refractivity contribution in [2.75, 3.05) is 43.4 Å². The molecule has 1 saturated carbocycles. The molecule has 2 aliphatic rings. The molecule has 1 heterocycles. The first-order chi connectivity index (χ1) is 14.9. The maximum Gasteiger partial charge on any atom is 0.341 e. The van der Waals surface area contributed by atoms with Crippen LogP contribution in [-0.2, 0) is 11.3 Å². The number of aromatic carboxylic acids is 1. The van der Waals surface area contributed by atoms with Crippen LogP contribution in [0.1, 0.15) is 34.7 Å². The van der Waals surface area contributed by atoms with Gasteiger partial charge in [-0.1, -0.05) is 18.2 Å². The van der Waals surface area contributed by atoms with Crippen LogP contribution in [0, 0.1) is 5.92 Å². The van der Waals surface area contributed by atoms with Gasteiger partial charge in [-0.2, -0.15) is 0 Å². The van der Waals surface area contributed by atoms with Crippen LogP contribution in [0.15, 0.2) is 36.4 Å². The molecular weight excluding hydrogens is 418 g/mol. The lowest BCUT2D eigenvalue weighted by atomic mass is 10.00. The standard InChI is InChI=1S/C22H27N3O5S/c1-24(2)11-5-10-23-17-6-3-4-7-18(17)25(31(28)29)19-9-8-15-16-12-14(16)13-30-21(15)20(19)22(26)27/h3-4,6-9,14,16,23H,5,10-13H2,1-2H3,(H,26,27)(H,28,29)/t14-,16-/m1/s1. The van der Waals surface area contributed by atoms with Gasteiger partial charge in [0.15, 0.2) is 0 Å². The average Bonchev–Trinajstić information content (AvgIpc) is 3.51. The zero-order valence-corrected chi connectivity index (χ0v) is 18.4. The Morgan fingerprint density at radius 1 is 1.23 bits per heavy atom. The highest BCUT2D eigenvalue weighted by molar-refractivity contribution is 7.81. The van der Waals surface area contributed by atoms with Gasteiger partial charge in [0.1, 0.15) is 11.3 Å². The molecule has 0 spiro atoms. The van der Waals surface area contributed by atoms with E-state index in [9.17, 15) is 18.7 Å². The maximum absolute atomic E-state index is 12.5. The first-order valence-electron chi connectivity index (χ1n) is 10.3. The number of benzene rings is 2. The van der Waals surface area contributed by atoms with Crippen LogP contribution in [0.3, 0.4) is 0 Å². The second-order valence-corrected chi connectivity index (χ2v) is 9.05. The highest BCUT2D eigenvalue weighted by atomic mass is 32.2. The fourth-order valence-electron chi connectivity index (χ4n) is 4.13. The summed E-state index contributed by atoms with van der Waals surface area (Å²) in [6.45, 7) is 2.05. The van der Waals surface area contributed by atoms with Gasteiger partial charge in [0.25, 0.3) is 11.3 Å². The van der Waals surface area contributed by atoms with Crippen LogP contribution in [0.4, 0.5) is 17.1 Å². The molecule has 0 saturated heterocycles. The Hall–Kier alpha value is -2.62. The lowest BCUT2D eigenvalue weighted by molar-refractivity contribution is 0.0692. The number of nitrogens with zero attached hydrogens (tertiary/aromatic N) is 2. The Bertz CT molecular complexity index is 1010. The molecule has 4 rings (SSSR count). The van der Waals surface area contributed by atoms with Crippen molar-refractivity contribution in [1.82, 2.24) is 4.90 Å². The van der Waals surface area contributed by atoms with E-state index in [1.807, 2.05) is 32.3 Å². The fourth-order valence-corrected chi connectivity index (χ4v) is 4.78. The Balaban J connectivity index is 1.73. The highest BCUT2D eigenvalue weighted by Crippen LogP contribution is 2.56. The summed E-state index contributed by atoms with van der Waals surface area (Å²) in [4.78, 5) is 14.3.